The lowest BCUT2D eigenvalue weighted by atomic mass is 10.1. The molecule has 2 atom stereocenters. The molecular formula is C14H20FNO3. The Bertz CT molecular complexity index is 423. The van der Waals surface area contributed by atoms with Crippen molar-refractivity contribution in [2.45, 2.75) is 33.0 Å². The van der Waals surface area contributed by atoms with Crippen LogP contribution in [0, 0.1) is 11.7 Å². The first-order chi connectivity index (χ1) is 8.91. The molecule has 0 bridgehead atoms. The van der Waals surface area contributed by atoms with Crippen LogP contribution in [0.1, 0.15) is 20.8 Å². The van der Waals surface area contributed by atoms with E-state index in [1.807, 2.05) is 13.8 Å². The van der Waals surface area contributed by atoms with Crippen LogP contribution in [-0.2, 0) is 4.79 Å². The van der Waals surface area contributed by atoms with E-state index < -0.39 is 18.0 Å². The Kier molecular flexibility index (Phi) is 5.76. The highest BCUT2D eigenvalue weighted by Gasteiger charge is 2.18. The molecule has 2 N–H and O–H groups in total. The van der Waals surface area contributed by atoms with Gasteiger partial charge in [-0.05, 0) is 25.0 Å². The summed E-state index contributed by atoms with van der Waals surface area (Å²) in [5, 5.41) is 12.1. The Hall–Kier alpha value is -1.62. The molecule has 0 aliphatic heterocycles. The Balaban J connectivity index is 2.47. The molecule has 1 aromatic rings. The molecule has 106 valence electrons. The first kappa shape index (κ1) is 15.4. The van der Waals surface area contributed by atoms with E-state index in [0.29, 0.717) is 0 Å². The lowest BCUT2D eigenvalue weighted by Gasteiger charge is -2.18. The maximum Gasteiger partial charge on any atom is 0.260 e. The summed E-state index contributed by atoms with van der Waals surface area (Å²) in [5.74, 6) is -0.801. The maximum atomic E-state index is 13.3. The number of hydrogen-bond acceptors (Lipinski definition) is 3. The van der Waals surface area contributed by atoms with Gasteiger partial charge < -0.3 is 15.2 Å². The van der Waals surface area contributed by atoms with E-state index in [1.165, 1.54) is 19.1 Å². The number of ether oxygens (including phenoxy) is 1. The summed E-state index contributed by atoms with van der Waals surface area (Å²) in [7, 11) is 0. The molecule has 0 radical (unpaired) electrons. The molecule has 5 heteroatoms. The summed E-state index contributed by atoms with van der Waals surface area (Å²) in [5.41, 5.74) is 0. The predicted octanol–water partition coefficient (Wildman–Crippen LogP) is 1.73. The van der Waals surface area contributed by atoms with Crippen LogP contribution in [0.4, 0.5) is 4.39 Å². The molecule has 0 spiro atoms. The number of aliphatic hydroxyl groups excluding tert-OH is 1. The third-order valence-corrected chi connectivity index (χ3v) is 2.76. The Morgan fingerprint density at radius 3 is 2.58 bits per heavy atom. The van der Waals surface area contributed by atoms with Gasteiger partial charge in [-0.3, -0.25) is 4.79 Å². The second-order valence-corrected chi connectivity index (χ2v) is 4.75. The van der Waals surface area contributed by atoms with Gasteiger partial charge in [0.1, 0.15) is 0 Å². The van der Waals surface area contributed by atoms with Crippen molar-refractivity contribution in [2.24, 2.45) is 5.92 Å². The smallest absolute Gasteiger partial charge is 0.260 e. The number of nitrogens with one attached hydrogen (secondary N) is 1. The minimum atomic E-state index is -0.823. The van der Waals surface area contributed by atoms with E-state index in [2.05, 4.69) is 5.32 Å². The molecule has 1 aromatic carbocycles. The van der Waals surface area contributed by atoms with Crippen molar-refractivity contribution in [3.63, 3.8) is 0 Å². The number of para-hydroxylation sites is 1. The Labute approximate surface area is 112 Å². The highest BCUT2D eigenvalue weighted by atomic mass is 19.1. The van der Waals surface area contributed by atoms with Crippen LogP contribution in [0.2, 0.25) is 0 Å². The van der Waals surface area contributed by atoms with Gasteiger partial charge in [-0.1, -0.05) is 26.0 Å². The summed E-state index contributed by atoms with van der Waals surface area (Å²) < 4.78 is 18.6. The lowest BCUT2D eigenvalue weighted by molar-refractivity contribution is -0.127. The zero-order chi connectivity index (χ0) is 14.4. The number of carbonyl (C=O) groups is 1. The van der Waals surface area contributed by atoms with Crippen molar-refractivity contribution in [3.8, 4) is 5.75 Å². The largest absolute Gasteiger partial charge is 0.478 e. The molecule has 2 unspecified atom stereocenters. The monoisotopic (exact) mass is 269 g/mol. The number of benzene rings is 1. The fourth-order valence-corrected chi connectivity index (χ4v) is 1.37. The molecule has 19 heavy (non-hydrogen) atoms. The van der Waals surface area contributed by atoms with Crippen molar-refractivity contribution >= 4 is 5.91 Å². The van der Waals surface area contributed by atoms with Gasteiger partial charge in [0.15, 0.2) is 17.7 Å². The molecule has 1 amide bonds. The number of carbonyl (C=O) groups excluding carboxylic acids is 1. The first-order valence-corrected chi connectivity index (χ1v) is 6.28. The van der Waals surface area contributed by atoms with E-state index >= 15 is 0 Å². The van der Waals surface area contributed by atoms with Crippen molar-refractivity contribution in [1.82, 2.24) is 5.32 Å². The highest BCUT2D eigenvalue weighted by Crippen LogP contribution is 2.16. The highest BCUT2D eigenvalue weighted by molar-refractivity contribution is 5.80. The van der Waals surface area contributed by atoms with Crippen LogP contribution in [-0.4, -0.2) is 29.8 Å². The summed E-state index contributed by atoms with van der Waals surface area (Å²) in [6.07, 6.45) is -1.43. The van der Waals surface area contributed by atoms with Gasteiger partial charge in [-0.2, -0.15) is 0 Å². The Morgan fingerprint density at radius 2 is 2.00 bits per heavy atom. The van der Waals surface area contributed by atoms with Gasteiger partial charge >= 0.3 is 0 Å². The van der Waals surface area contributed by atoms with Crippen molar-refractivity contribution < 1.29 is 19.0 Å². The molecular weight excluding hydrogens is 249 g/mol. The van der Waals surface area contributed by atoms with Gasteiger partial charge in [0, 0.05) is 6.54 Å². The molecule has 0 fully saturated rings. The first-order valence-electron chi connectivity index (χ1n) is 6.28. The van der Waals surface area contributed by atoms with E-state index in [4.69, 9.17) is 4.74 Å². The lowest BCUT2D eigenvalue weighted by Crippen LogP contribution is -2.41. The van der Waals surface area contributed by atoms with Crippen LogP contribution in [0.25, 0.3) is 0 Å². The SMILES string of the molecule is CC(Oc1ccccc1F)C(=O)NCC(O)C(C)C. The minimum absolute atomic E-state index is 0.0366. The number of amides is 1. The summed E-state index contributed by atoms with van der Waals surface area (Å²) in [6.45, 7) is 5.40. The molecule has 0 aromatic heterocycles. The zero-order valence-corrected chi connectivity index (χ0v) is 11.4. The average Bonchev–Trinajstić information content (AvgIpc) is 2.37. The van der Waals surface area contributed by atoms with E-state index in [-0.39, 0.29) is 24.1 Å². The van der Waals surface area contributed by atoms with Crippen LogP contribution in [0.5, 0.6) is 5.75 Å². The van der Waals surface area contributed by atoms with E-state index in [9.17, 15) is 14.3 Å². The van der Waals surface area contributed by atoms with Crippen LogP contribution < -0.4 is 10.1 Å². The van der Waals surface area contributed by atoms with Gasteiger partial charge in [0.2, 0.25) is 0 Å². The number of hydrogen-bond donors (Lipinski definition) is 2. The van der Waals surface area contributed by atoms with Crippen LogP contribution in [0.15, 0.2) is 24.3 Å². The molecule has 4 nitrogen and oxygen atoms in total. The third kappa shape index (κ3) is 4.87. The fourth-order valence-electron chi connectivity index (χ4n) is 1.37. The quantitative estimate of drug-likeness (QED) is 0.827. The number of aliphatic hydroxyl groups is 1. The van der Waals surface area contributed by atoms with Gasteiger partial charge in [0.05, 0.1) is 6.10 Å². The third-order valence-electron chi connectivity index (χ3n) is 2.76. The predicted molar refractivity (Wildman–Crippen MR) is 70.3 cm³/mol. The summed E-state index contributed by atoms with van der Waals surface area (Å²) >= 11 is 0. The van der Waals surface area contributed by atoms with Crippen molar-refractivity contribution in [1.29, 1.82) is 0 Å². The van der Waals surface area contributed by atoms with Gasteiger partial charge in [-0.15, -0.1) is 0 Å². The maximum absolute atomic E-state index is 13.3. The van der Waals surface area contributed by atoms with Crippen molar-refractivity contribution in [3.05, 3.63) is 30.1 Å². The second kappa shape index (κ2) is 7.09. The van der Waals surface area contributed by atoms with E-state index in [0.717, 1.165) is 0 Å². The molecule has 0 saturated heterocycles. The van der Waals surface area contributed by atoms with Crippen LogP contribution >= 0.6 is 0 Å². The standard InChI is InChI=1S/C14H20FNO3/c1-9(2)12(17)8-16-14(18)10(3)19-13-7-5-4-6-11(13)15/h4-7,9-10,12,17H,8H2,1-3H3,(H,16,18). The summed E-state index contributed by atoms with van der Waals surface area (Å²) in [6, 6.07) is 5.90. The number of halogens is 1. The van der Waals surface area contributed by atoms with E-state index in [1.54, 1.807) is 12.1 Å². The number of rotatable bonds is 6. The minimum Gasteiger partial charge on any atom is -0.478 e. The fraction of sp³-hybridized carbons (Fsp3) is 0.500. The van der Waals surface area contributed by atoms with Gasteiger partial charge in [0.25, 0.3) is 5.91 Å². The summed E-state index contributed by atoms with van der Waals surface area (Å²) in [4.78, 5) is 11.7. The second-order valence-electron chi connectivity index (χ2n) is 4.75. The van der Waals surface area contributed by atoms with Crippen molar-refractivity contribution in [2.75, 3.05) is 6.54 Å². The normalized spacial score (nSPS) is 14.0. The van der Waals surface area contributed by atoms with Gasteiger partial charge in [-0.25, -0.2) is 4.39 Å². The molecule has 1 rings (SSSR count). The molecule has 0 saturated carbocycles. The molecule has 0 aliphatic rings. The molecule has 0 aliphatic carbocycles. The zero-order valence-electron chi connectivity index (χ0n) is 11.4. The topological polar surface area (TPSA) is 58.6 Å². The Morgan fingerprint density at radius 1 is 1.37 bits per heavy atom. The average molecular weight is 269 g/mol. The van der Waals surface area contributed by atoms with Crippen LogP contribution in [0.3, 0.4) is 0 Å². The molecule has 0 heterocycles.